The first-order chi connectivity index (χ1) is 18.3. The molecule has 9 heteroatoms. The summed E-state index contributed by atoms with van der Waals surface area (Å²) in [5, 5.41) is 7.68. The lowest BCUT2D eigenvalue weighted by Gasteiger charge is -2.23. The number of rotatable bonds is 4. The van der Waals surface area contributed by atoms with Crippen molar-refractivity contribution in [3.05, 3.63) is 40.8 Å². The van der Waals surface area contributed by atoms with E-state index < -0.39 is 0 Å². The number of hydrogen-bond acceptors (Lipinski definition) is 9. The number of nitrogens with one attached hydrogen (secondary N) is 2. The van der Waals surface area contributed by atoms with Crippen molar-refractivity contribution in [3.8, 4) is 5.88 Å². The third kappa shape index (κ3) is 8.74. The van der Waals surface area contributed by atoms with Crippen LogP contribution < -0.4 is 21.1 Å². The molecule has 1 saturated carbocycles. The minimum atomic E-state index is 0.295. The summed E-state index contributed by atoms with van der Waals surface area (Å²) in [6.45, 7) is 5.28. The van der Waals surface area contributed by atoms with Crippen molar-refractivity contribution >= 4 is 39.5 Å². The molecule has 8 nitrogen and oxygen atoms in total. The summed E-state index contributed by atoms with van der Waals surface area (Å²) in [5.41, 5.74) is 6.93. The van der Waals surface area contributed by atoms with E-state index in [1.807, 2.05) is 41.7 Å². The first-order valence-electron chi connectivity index (χ1n) is 13.4. The van der Waals surface area contributed by atoms with Crippen molar-refractivity contribution in [2.45, 2.75) is 64.4 Å². The van der Waals surface area contributed by atoms with Gasteiger partial charge < -0.3 is 30.6 Å². The van der Waals surface area contributed by atoms with Crippen LogP contribution in [-0.2, 0) is 22.4 Å². The van der Waals surface area contributed by atoms with Crippen molar-refractivity contribution in [1.82, 2.24) is 15.3 Å². The van der Waals surface area contributed by atoms with Crippen LogP contribution in [0.25, 0.3) is 10.2 Å². The molecule has 3 aromatic rings. The Morgan fingerprint density at radius 2 is 1.76 bits per heavy atom. The van der Waals surface area contributed by atoms with Crippen LogP contribution in [-0.4, -0.2) is 55.7 Å². The Morgan fingerprint density at radius 1 is 1.05 bits per heavy atom. The molecule has 0 atom stereocenters. The van der Waals surface area contributed by atoms with Gasteiger partial charge in [0.25, 0.3) is 0 Å². The zero-order valence-electron chi connectivity index (χ0n) is 22.1. The topological polar surface area (TPSA) is 111 Å². The molecular weight excluding hydrogens is 486 g/mol. The highest BCUT2D eigenvalue weighted by Crippen LogP contribution is 2.41. The van der Waals surface area contributed by atoms with Gasteiger partial charge in [0, 0.05) is 23.7 Å². The van der Waals surface area contributed by atoms with Gasteiger partial charge in [0.15, 0.2) is 0 Å². The largest absolute Gasteiger partial charge is 0.474 e. The fraction of sp³-hybridized carbons (Fsp3) is 0.536. The van der Waals surface area contributed by atoms with E-state index in [9.17, 15) is 0 Å². The summed E-state index contributed by atoms with van der Waals surface area (Å²) in [5.74, 6) is 1.43. The second-order valence-corrected chi connectivity index (χ2v) is 9.94. The van der Waals surface area contributed by atoms with Crippen LogP contribution in [0.1, 0.15) is 55.9 Å². The molecule has 0 unspecified atom stereocenters. The summed E-state index contributed by atoms with van der Waals surface area (Å²) < 4.78 is 11.5. The van der Waals surface area contributed by atoms with Crippen LogP contribution in [0.2, 0.25) is 0 Å². The summed E-state index contributed by atoms with van der Waals surface area (Å²) in [4.78, 5) is 20.9. The fourth-order valence-corrected chi connectivity index (χ4v) is 5.86. The lowest BCUT2D eigenvalue weighted by Crippen LogP contribution is -2.30. The number of ether oxygens (including phenoxy) is 2. The van der Waals surface area contributed by atoms with Crippen LogP contribution in [0, 0.1) is 0 Å². The molecule has 4 N–H and O–H groups in total. The molecule has 0 radical (unpaired) electrons. The van der Waals surface area contributed by atoms with Gasteiger partial charge in [-0.15, -0.1) is 11.3 Å². The molecule has 2 aliphatic carbocycles. The number of aromatic nitrogens is 2. The molecule has 0 bridgehead atoms. The molecule has 2 aromatic heterocycles. The number of thiophene rings is 1. The highest BCUT2D eigenvalue weighted by molar-refractivity contribution is 7.19. The summed E-state index contributed by atoms with van der Waals surface area (Å²) in [6, 6.07) is 10.1. The third-order valence-electron chi connectivity index (χ3n) is 6.24. The number of nitrogens with zero attached hydrogens (tertiary/aromatic N) is 2. The van der Waals surface area contributed by atoms with Gasteiger partial charge >= 0.3 is 0 Å². The smallest absolute Gasteiger partial charge is 0.231 e. The Kier molecular flexibility index (Phi) is 12.8. The van der Waals surface area contributed by atoms with Gasteiger partial charge in [0.2, 0.25) is 11.8 Å². The normalized spacial score (nSPS) is 16.6. The number of morpholine rings is 1. The van der Waals surface area contributed by atoms with E-state index in [1.165, 1.54) is 61.9 Å². The van der Waals surface area contributed by atoms with E-state index in [0.717, 1.165) is 68.2 Å². The van der Waals surface area contributed by atoms with E-state index in [1.54, 1.807) is 0 Å². The molecular formula is C28H41N5O3S. The number of carbonyl (C=O) groups excluding carboxylic acids is 1. The van der Waals surface area contributed by atoms with E-state index in [4.69, 9.17) is 24.2 Å². The lowest BCUT2D eigenvalue weighted by atomic mass is 9.98. The zero-order chi connectivity index (χ0) is 26.3. The Bertz CT molecular complexity index is 1060. The monoisotopic (exact) mass is 527 g/mol. The SMILES string of the molecule is C1COCCN1.CC=O.CN.c1ccc(Nc2nc(OC3CCCCC3)c3c4c(sc3n2)CCC4)cc1. The van der Waals surface area contributed by atoms with Gasteiger partial charge in [-0.05, 0) is 76.6 Å². The van der Waals surface area contributed by atoms with E-state index in [2.05, 4.69) is 16.4 Å². The number of aryl methyl sites for hydroxylation is 2. The van der Waals surface area contributed by atoms with Gasteiger partial charge in [-0.2, -0.15) is 4.98 Å². The maximum absolute atomic E-state index is 8.81. The molecule has 1 aromatic carbocycles. The number of carbonyl (C=O) groups is 1. The van der Waals surface area contributed by atoms with Gasteiger partial charge in [0.05, 0.1) is 18.6 Å². The predicted octanol–water partition coefficient (Wildman–Crippen LogP) is 5.02. The fourth-order valence-electron chi connectivity index (χ4n) is 4.61. The van der Waals surface area contributed by atoms with Gasteiger partial charge in [0.1, 0.15) is 17.2 Å². The van der Waals surface area contributed by atoms with Crippen LogP contribution >= 0.6 is 11.3 Å². The van der Waals surface area contributed by atoms with Crippen molar-refractivity contribution in [3.63, 3.8) is 0 Å². The molecule has 6 rings (SSSR count). The number of aldehydes is 1. The molecule has 3 heterocycles. The summed E-state index contributed by atoms with van der Waals surface area (Å²) in [7, 11) is 1.50. The number of fused-ring (bicyclic) bond motifs is 3. The quantitative estimate of drug-likeness (QED) is 0.406. The van der Waals surface area contributed by atoms with E-state index in [-0.39, 0.29) is 0 Å². The summed E-state index contributed by atoms with van der Waals surface area (Å²) >= 11 is 1.82. The average molecular weight is 528 g/mol. The van der Waals surface area contributed by atoms with E-state index >= 15 is 0 Å². The second-order valence-electron chi connectivity index (χ2n) is 8.86. The Balaban J connectivity index is 0.000000293. The van der Waals surface area contributed by atoms with Gasteiger partial charge in [-0.25, -0.2) is 4.98 Å². The highest BCUT2D eigenvalue weighted by atomic mass is 32.1. The molecule has 1 aliphatic heterocycles. The Hall–Kier alpha value is -2.59. The first kappa shape index (κ1) is 29.0. The second kappa shape index (κ2) is 16.3. The number of nitrogens with two attached hydrogens (primary N) is 1. The maximum atomic E-state index is 8.81. The van der Waals surface area contributed by atoms with Crippen LogP contribution in [0.3, 0.4) is 0 Å². The standard InChI is InChI=1S/C21H23N3OS.C4H9NO.C2H4O.CH5N/c1-3-8-14(9-4-1)22-21-23-19(25-15-10-5-2-6-11-15)18-16-12-7-13-17(16)26-20(18)24-21;1-3-6-4-2-5-1;1-2-3;1-2/h1,3-4,8-9,15H,2,5-7,10-13H2,(H,22,23,24);5H,1-4H2;2H,1H3;2H2,1H3. The number of benzene rings is 1. The first-order valence-corrected chi connectivity index (χ1v) is 14.2. The van der Waals surface area contributed by atoms with E-state index in [0.29, 0.717) is 12.1 Å². The molecule has 2 fully saturated rings. The predicted molar refractivity (Wildman–Crippen MR) is 152 cm³/mol. The average Bonchev–Trinajstić information content (AvgIpc) is 3.54. The van der Waals surface area contributed by atoms with Crippen molar-refractivity contribution in [2.24, 2.45) is 5.73 Å². The number of para-hydroxylation sites is 1. The minimum absolute atomic E-state index is 0.295. The molecule has 202 valence electrons. The third-order valence-corrected chi connectivity index (χ3v) is 7.42. The molecule has 37 heavy (non-hydrogen) atoms. The molecule has 3 aliphatic rings. The molecule has 0 amide bonds. The number of hydrogen-bond donors (Lipinski definition) is 3. The van der Waals surface area contributed by atoms with Crippen molar-refractivity contribution in [2.75, 3.05) is 38.7 Å². The summed E-state index contributed by atoms with van der Waals surface area (Å²) in [6.07, 6.45) is 10.7. The van der Waals surface area contributed by atoms with Crippen LogP contribution in [0.5, 0.6) is 5.88 Å². The lowest BCUT2D eigenvalue weighted by molar-refractivity contribution is -0.106. The minimum Gasteiger partial charge on any atom is -0.474 e. The van der Waals surface area contributed by atoms with Gasteiger partial charge in [-0.1, -0.05) is 24.6 Å². The Labute approximate surface area is 224 Å². The van der Waals surface area contributed by atoms with Crippen molar-refractivity contribution < 1.29 is 14.3 Å². The molecule has 0 spiro atoms. The maximum Gasteiger partial charge on any atom is 0.231 e. The highest BCUT2D eigenvalue weighted by Gasteiger charge is 2.25. The van der Waals surface area contributed by atoms with Crippen LogP contribution in [0.15, 0.2) is 30.3 Å². The zero-order valence-corrected chi connectivity index (χ0v) is 22.9. The number of anilines is 2. The Morgan fingerprint density at radius 3 is 2.38 bits per heavy atom. The molecule has 1 saturated heterocycles. The van der Waals surface area contributed by atoms with Crippen molar-refractivity contribution in [1.29, 1.82) is 0 Å². The van der Waals surface area contributed by atoms with Crippen LogP contribution in [0.4, 0.5) is 11.6 Å². The van der Waals surface area contributed by atoms with Gasteiger partial charge in [-0.3, -0.25) is 0 Å².